The van der Waals surface area contributed by atoms with Crippen molar-refractivity contribution in [3.05, 3.63) is 29.3 Å². The fourth-order valence-electron chi connectivity index (χ4n) is 3.20. The lowest BCUT2D eigenvalue weighted by molar-refractivity contribution is -0.137. The van der Waals surface area contributed by atoms with Gasteiger partial charge in [-0.25, -0.2) is 10.2 Å². The number of nitrogens with one attached hydrogen (secondary N) is 1. The molecule has 6 nitrogen and oxygen atoms in total. The van der Waals surface area contributed by atoms with E-state index in [9.17, 15) is 23.1 Å². The van der Waals surface area contributed by atoms with Gasteiger partial charge in [-0.2, -0.15) is 18.3 Å². The standard InChI is InChI=1S/C17H20F3N3O3/c1-2-16(25)5-7-23(8-6-16)14-4-3-11(9-12(14)17(18,19)20)13-10-26-15(24)22-21-13/h3-4,9,25H,2,5-8,10H2,1H3,(H,22,24). The first kappa shape index (κ1) is 18.5. The molecular weight excluding hydrogens is 351 g/mol. The molecule has 0 bridgehead atoms. The van der Waals surface area contributed by atoms with Crippen LogP contribution in [0.3, 0.4) is 0 Å². The predicted molar refractivity (Wildman–Crippen MR) is 89.2 cm³/mol. The minimum Gasteiger partial charge on any atom is -0.442 e. The van der Waals surface area contributed by atoms with Crippen molar-refractivity contribution in [2.45, 2.75) is 38.0 Å². The van der Waals surface area contributed by atoms with Crippen molar-refractivity contribution in [3.8, 4) is 0 Å². The third-order valence-electron chi connectivity index (χ3n) is 4.95. The van der Waals surface area contributed by atoms with Crippen LogP contribution in [0.4, 0.5) is 23.7 Å². The number of hydrogen-bond acceptors (Lipinski definition) is 5. The van der Waals surface area contributed by atoms with Crippen LogP contribution in [-0.2, 0) is 10.9 Å². The average molecular weight is 371 g/mol. The van der Waals surface area contributed by atoms with Crippen LogP contribution in [0.15, 0.2) is 23.3 Å². The predicted octanol–water partition coefficient (Wildman–Crippen LogP) is 2.89. The summed E-state index contributed by atoms with van der Waals surface area (Å²) in [5, 5.41) is 14.1. The van der Waals surface area contributed by atoms with Crippen molar-refractivity contribution >= 4 is 17.5 Å². The Morgan fingerprint density at radius 3 is 2.58 bits per heavy atom. The van der Waals surface area contributed by atoms with Crippen LogP contribution in [0.2, 0.25) is 0 Å². The number of nitrogens with zero attached hydrogens (tertiary/aromatic N) is 2. The zero-order chi connectivity index (χ0) is 18.9. The number of ether oxygens (including phenoxy) is 1. The molecule has 0 atom stereocenters. The van der Waals surface area contributed by atoms with Crippen molar-refractivity contribution in [1.82, 2.24) is 5.43 Å². The highest BCUT2D eigenvalue weighted by Gasteiger charge is 2.38. The van der Waals surface area contributed by atoms with Crippen LogP contribution in [0.25, 0.3) is 0 Å². The summed E-state index contributed by atoms with van der Waals surface area (Å²) < 4.78 is 45.6. The lowest BCUT2D eigenvalue weighted by Crippen LogP contribution is -2.44. The fraction of sp³-hybridized carbons (Fsp3) is 0.529. The molecule has 2 aliphatic rings. The average Bonchev–Trinajstić information content (AvgIpc) is 2.62. The lowest BCUT2D eigenvalue weighted by Gasteiger charge is -2.39. The third-order valence-corrected chi connectivity index (χ3v) is 4.95. The second kappa shape index (κ2) is 6.79. The maximum absolute atomic E-state index is 13.6. The number of aliphatic hydroxyl groups is 1. The van der Waals surface area contributed by atoms with Gasteiger partial charge in [-0.05, 0) is 31.4 Å². The summed E-state index contributed by atoms with van der Waals surface area (Å²) in [7, 11) is 0. The molecule has 1 amide bonds. The van der Waals surface area contributed by atoms with Gasteiger partial charge >= 0.3 is 12.3 Å². The van der Waals surface area contributed by atoms with E-state index in [2.05, 4.69) is 10.5 Å². The topological polar surface area (TPSA) is 74.2 Å². The molecule has 26 heavy (non-hydrogen) atoms. The number of carbonyl (C=O) groups excluding carboxylic acids is 1. The van der Waals surface area contributed by atoms with Crippen LogP contribution in [0.1, 0.15) is 37.3 Å². The van der Waals surface area contributed by atoms with E-state index in [1.54, 1.807) is 4.90 Å². The molecule has 142 valence electrons. The number of alkyl halides is 3. The second-order valence-electron chi connectivity index (χ2n) is 6.54. The first-order chi connectivity index (χ1) is 12.2. The summed E-state index contributed by atoms with van der Waals surface area (Å²) in [5.41, 5.74) is 1.06. The molecule has 1 aromatic rings. The Morgan fingerprint density at radius 1 is 1.35 bits per heavy atom. The molecular formula is C17H20F3N3O3. The number of hydrazone groups is 1. The highest BCUT2D eigenvalue weighted by molar-refractivity contribution is 6.04. The molecule has 1 fully saturated rings. The molecule has 0 unspecified atom stereocenters. The molecule has 0 aliphatic carbocycles. The molecule has 1 saturated heterocycles. The molecule has 0 spiro atoms. The Bertz CT molecular complexity index is 726. The van der Waals surface area contributed by atoms with Crippen molar-refractivity contribution in [3.63, 3.8) is 0 Å². The van der Waals surface area contributed by atoms with E-state index in [4.69, 9.17) is 4.74 Å². The van der Waals surface area contributed by atoms with Crippen LogP contribution in [0.5, 0.6) is 0 Å². The number of halogens is 3. The summed E-state index contributed by atoms with van der Waals surface area (Å²) in [6.07, 6.45) is -3.84. The summed E-state index contributed by atoms with van der Waals surface area (Å²) >= 11 is 0. The van der Waals surface area contributed by atoms with Gasteiger partial charge in [0, 0.05) is 24.3 Å². The van der Waals surface area contributed by atoms with Gasteiger partial charge in [-0.1, -0.05) is 13.0 Å². The van der Waals surface area contributed by atoms with Crippen molar-refractivity contribution in [2.24, 2.45) is 5.10 Å². The monoisotopic (exact) mass is 371 g/mol. The van der Waals surface area contributed by atoms with E-state index in [1.165, 1.54) is 12.1 Å². The molecule has 0 aromatic heterocycles. The van der Waals surface area contributed by atoms with E-state index >= 15 is 0 Å². The number of anilines is 1. The molecule has 1 aromatic carbocycles. The highest BCUT2D eigenvalue weighted by Crippen LogP contribution is 2.39. The number of benzene rings is 1. The maximum atomic E-state index is 13.6. The Morgan fingerprint density at radius 2 is 2.04 bits per heavy atom. The first-order valence-corrected chi connectivity index (χ1v) is 8.40. The summed E-state index contributed by atoms with van der Waals surface area (Å²) in [6.45, 7) is 2.40. The molecule has 2 N–H and O–H groups in total. The highest BCUT2D eigenvalue weighted by atomic mass is 19.4. The van der Waals surface area contributed by atoms with E-state index in [-0.39, 0.29) is 23.6 Å². The minimum atomic E-state index is -4.54. The Kier molecular flexibility index (Phi) is 4.83. The number of amides is 1. The van der Waals surface area contributed by atoms with Gasteiger partial charge in [0.2, 0.25) is 0 Å². The van der Waals surface area contributed by atoms with E-state index in [0.717, 1.165) is 6.07 Å². The van der Waals surface area contributed by atoms with E-state index in [0.29, 0.717) is 32.4 Å². The molecule has 2 aliphatic heterocycles. The van der Waals surface area contributed by atoms with Crippen molar-refractivity contribution < 1.29 is 27.8 Å². The lowest BCUT2D eigenvalue weighted by atomic mass is 9.88. The fourth-order valence-corrected chi connectivity index (χ4v) is 3.20. The summed E-state index contributed by atoms with van der Waals surface area (Å²) in [6, 6.07) is 3.97. The van der Waals surface area contributed by atoms with Gasteiger partial charge in [0.1, 0.15) is 12.3 Å². The largest absolute Gasteiger partial charge is 0.442 e. The third kappa shape index (κ3) is 3.77. The SMILES string of the molecule is CCC1(O)CCN(c2ccc(C3=NNC(=O)OC3)cc2C(F)(F)F)CC1. The summed E-state index contributed by atoms with van der Waals surface area (Å²) in [4.78, 5) is 12.6. The number of cyclic esters (lactones) is 1. The smallest absolute Gasteiger partial charge is 0.428 e. The maximum Gasteiger partial charge on any atom is 0.428 e. The number of piperidine rings is 1. The van der Waals surface area contributed by atoms with Crippen LogP contribution in [0, 0.1) is 0 Å². The molecule has 0 radical (unpaired) electrons. The Hall–Kier alpha value is -2.29. The van der Waals surface area contributed by atoms with Gasteiger partial charge in [-0.3, -0.25) is 0 Å². The molecule has 2 heterocycles. The van der Waals surface area contributed by atoms with Crippen LogP contribution >= 0.6 is 0 Å². The Balaban J connectivity index is 1.90. The Labute approximate surface area is 148 Å². The van der Waals surface area contributed by atoms with Gasteiger partial charge in [0.05, 0.1) is 11.2 Å². The van der Waals surface area contributed by atoms with Crippen molar-refractivity contribution in [2.75, 3.05) is 24.6 Å². The zero-order valence-electron chi connectivity index (χ0n) is 14.3. The quantitative estimate of drug-likeness (QED) is 0.857. The number of carbonyl (C=O) groups is 1. The van der Waals surface area contributed by atoms with Gasteiger partial charge in [-0.15, -0.1) is 0 Å². The minimum absolute atomic E-state index is 0.0840. The van der Waals surface area contributed by atoms with Gasteiger partial charge in [0.25, 0.3) is 0 Å². The van der Waals surface area contributed by atoms with Crippen LogP contribution < -0.4 is 10.3 Å². The van der Waals surface area contributed by atoms with Gasteiger partial charge in [0.15, 0.2) is 0 Å². The second-order valence-corrected chi connectivity index (χ2v) is 6.54. The molecule has 0 saturated carbocycles. The summed E-state index contributed by atoms with van der Waals surface area (Å²) in [5.74, 6) is 0. The van der Waals surface area contributed by atoms with Crippen LogP contribution in [-0.4, -0.2) is 42.2 Å². The molecule has 3 rings (SSSR count). The van der Waals surface area contributed by atoms with E-state index < -0.39 is 23.4 Å². The normalized spacial score (nSPS) is 20.3. The van der Waals surface area contributed by atoms with Crippen molar-refractivity contribution in [1.29, 1.82) is 0 Å². The zero-order valence-corrected chi connectivity index (χ0v) is 14.3. The van der Waals surface area contributed by atoms with Gasteiger partial charge < -0.3 is 14.7 Å². The molecule has 9 heteroatoms. The first-order valence-electron chi connectivity index (χ1n) is 8.40. The van der Waals surface area contributed by atoms with E-state index in [1.807, 2.05) is 6.92 Å². The number of rotatable bonds is 3. The number of hydrogen-bond donors (Lipinski definition) is 2.